The maximum Gasteiger partial charge on any atom is 0.256 e. The second-order valence-corrected chi connectivity index (χ2v) is 8.03. The molecule has 23 heavy (non-hydrogen) atoms. The zero-order chi connectivity index (χ0) is 17.0. The second-order valence-electron chi connectivity index (χ2n) is 6.04. The molecule has 6 nitrogen and oxygen atoms in total. The van der Waals surface area contributed by atoms with Crippen LogP contribution in [0, 0.1) is 0 Å². The summed E-state index contributed by atoms with van der Waals surface area (Å²) in [6, 6.07) is 9.07. The van der Waals surface area contributed by atoms with E-state index in [2.05, 4.69) is 4.72 Å². The third-order valence-corrected chi connectivity index (χ3v) is 5.92. The van der Waals surface area contributed by atoms with Crippen LogP contribution in [0.2, 0.25) is 0 Å². The van der Waals surface area contributed by atoms with Gasteiger partial charge in [-0.25, -0.2) is 13.1 Å². The first-order valence-corrected chi connectivity index (χ1v) is 9.27. The number of rotatable bonds is 6. The van der Waals surface area contributed by atoms with Crippen LogP contribution in [0.3, 0.4) is 0 Å². The van der Waals surface area contributed by atoms with Crippen LogP contribution in [-0.2, 0) is 19.6 Å². The highest BCUT2D eigenvalue weighted by molar-refractivity contribution is 7.90. The van der Waals surface area contributed by atoms with Gasteiger partial charge in [0, 0.05) is 26.2 Å². The molecule has 1 aromatic rings. The number of likely N-dealkylation sites (tertiary alicyclic amines) is 1. The number of benzene rings is 1. The number of amides is 1. The van der Waals surface area contributed by atoms with Crippen LogP contribution in [0.5, 0.6) is 0 Å². The lowest BCUT2D eigenvalue weighted by Gasteiger charge is -2.23. The number of hydrogen-bond donors (Lipinski definition) is 1. The van der Waals surface area contributed by atoms with Crippen LogP contribution in [0.1, 0.15) is 31.9 Å². The Morgan fingerprint density at radius 1 is 1.30 bits per heavy atom. The zero-order valence-corrected chi connectivity index (χ0v) is 14.5. The van der Waals surface area contributed by atoms with E-state index in [1.54, 1.807) is 18.7 Å². The Morgan fingerprint density at radius 3 is 2.52 bits per heavy atom. The monoisotopic (exact) mass is 340 g/mol. The lowest BCUT2D eigenvalue weighted by atomic mass is 10.1. The standard InChI is InChI=1S/C16H24N2O4S/c1-12(2)17-23(20,21)14-9-10-18(11-14)16(19)15(22-3)13-7-5-4-6-8-13/h4-8,12,14-15,17H,9-11H2,1-3H3/t14-,15+/m0/s1. The molecule has 2 rings (SSSR count). The van der Waals surface area contributed by atoms with Crippen molar-refractivity contribution in [1.29, 1.82) is 0 Å². The van der Waals surface area contributed by atoms with Crippen LogP contribution >= 0.6 is 0 Å². The summed E-state index contributed by atoms with van der Waals surface area (Å²) in [5.74, 6) is -0.194. The van der Waals surface area contributed by atoms with Crippen molar-refractivity contribution in [2.75, 3.05) is 20.2 Å². The molecule has 1 amide bonds. The summed E-state index contributed by atoms with van der Waals surface area (Å²) in [5, 5.41) is -0.567. The molecular weight excluding hydrogens is 316 g/mol. The summed E-state index contributed by atoms with van der Waals surface area (Å²) in [6.45, 7) is 4.19. The normalized spacial score (nSPS) is 20.0. The molecule has 0 saturated carbocycles. The van der Waals surface area contributed by atoms with E-state index in [0.717, 1.165) is 5.56 Å². The lowest BCUT2D eigenvalue weighted by Crippen LogP contribution is -2.41. The van der Waals surface area contributed by atoms with Gasteiger partial charge < -0.3 is 9.64 Å². The molecule has 1 aliphatic heterocycles. The van der Waals surface area contributed by atoms with Crippen molar-refractivity contribution in [2.45, 2.75) is 37.7 Å². The van der Waals surface area contributed by atoms with Crippen molar-refractivity contribution in [2.24, 2.45) is 0 Å². The highest BCUT2D eigenvalue weighted by Gasteiger charge is 2.37. The minimum Gasteiger partial charge on any atom is -0.367 e. The van der Waals surface area contributed by atoms with Gasteiger partial charge in [0.1, 0.15) is 0 Å². The highest BCUT2D eigenvalue weighted by atomic mass is 32.2. The van der Waals surface area contributed by atoms with Crippen LogP contribution in [0.25, 0.3) is 0 Å². The molecular formula is C16H24N2O4S. The summed E-state index contributed by atoms with van der Waals surface area (Å²) in [5.41, 5.74) is 0.770. The lowest BCUT2D eigenvalue weighted by molar-refractivity contribution is -0.141. The number of ether oxygens (including phenoxy) is 1. The molecule has 0 radical (unpaired) electrons. The van der Waals surface area contributed by atoms with Gasteiger partial charge in [0.05, 0.1) is 5.25 Å². The van der Waals surface area contributed by atoms with Crippen LogP contribution < -0.4 is 4.72 Å². The SMILES string of the molecule is CO[C@@H](C(=O)N1CC[C@H](S(=O)(=O)NC(C)C)C1)c1ccccc1. The first kappa shape index (κ1) is 17.9. The maximum absolute atomic E-state index is 12.7. The predicted octanol–water partition coefficient (Wildman–Crippen LogP) is 1.30. The zero-order valence-electron chi connectivity index (χ0n) is 13.7. The molecule has 7 heteroatoms. The van der Waals surface area contributed by atoms with E-state index in [9.17, 15) is 13.2 Å². The van der Waals surface area contributed by atoms with Gasteiger partial charge in [-0.2, -0.15) is 0 Å². The van der Waals surface area contributed by atoms with Crippen molar-refractivity contribution in [3.8, 4) is 0 Å². The average molecular weight is 340 g/mol. The molecule has 1 heterocycles. The summed E-state index contributed by atoms with van der Waals surface area (Å²) in [7, 11) is -1.92. The molecule has 0 aliphatic carbocycles. The Morgan fingerprint density at radius 2 is 1.96 bits per heavy atom. The molecule has 0 spiro atoms. The number of methoxy groups -OCH3 is 1. The molecule has 1 aromatic carbocycles. The molecule has 0 aromatic heterocycles. The highest BCUT2D eigenvalue weighted by Crippen LogP contribution is 2.24. The minimum atomic E-state index is -3.41. The molecule has 1 saturated heterocycles. The van der Waals surface area contributed by atoms with Gasteiger partial charge in [-0.05, 0) is 25.8 Å². The topological polar surface area (TPSA) is 75.7 Å². The van der Waals surface area contributed by atoms with Gasteiger partial charge in [0.2, 0.25) is 10.0 Å². The predicted molar refractivity (Wildman–Crippen MR) is 88.4 cm³/mol. The van der Waals surface area contributed by atoms with E-state index >= 15 is 0 Å². The first-order valence-electron chi connectivity index (χ1n) is 7.73. The fraction of sp³-hybridized carbons (Fsp3) is 0.562. The number of nitrogens with one attached hydrogen (secondary N) is 1. The number of nitrogens with zero attached hydrogens (tertiary/aromatic N) is 1. The van der Waals surface area contributed by atoms with Gasteiger partial charge in [0.15, 0.2) is 6.10 Å². The minimum absolute atomic E-state index is 0.152. The van der Waals surface area contributed by atoms with Gasteiger partial charge in [-0.1, -0.05) is 30.3 Å². The average Bonchev–Trinajstić information content (AvgIpc) is 2.98. The first-order chi connectivity index (χ1) is 10.8. The number of carbonyl (C=O) groups excluding carboxylic acids is 1. The summed E-state index contributed by atoms with van der Waals surface area (Å²) < 4.78 is 32.4. The quantitative estimate of drug-likeness (QED) is 0.847. The van der Waals surface area contributed by atoms with E-state index in [1.807, 2.05) is 30.3 Å². The fourth-order valence-electron chi connectivity index (χ4n) is 2.78. The van der Waals surface area contributed by atoms with E-state index in [1.165, 1.54) is 7.11 Å². The molecule has 0 unspecified atom stereocenters. The number of carbonyl (C=O) groups is 1. The van der Waals surface area contributed by atoms with E-state index in [0.29, 0.717) is 13.0 Å². The fourth-order valence-corrected chi connectivity index (χ4v) is 4.42. The summed E-state index contributed by atoms with van der Waals surface area (Å²) in [6.07, 6.45) is -0.255. The van der Waals surface area contributed by atoms with E-state index in [-0.39, 0.29) is 18.5 Å². The molecule has 1 N–H and O–H groups in total. The second kappa shape index (κ2) is 7.42. The van der Waals surface area contributed by atoms with Crippen LogP contribution in [-0.4, -0.2) is 50.7 Å². The molecule has 1 fully saturated rings. The van der Waals surface area contributed by atoms with E-state index in [4.69, 9.17) is 4.74 Å². The smallest absolute Gasteiger partial charge is 0.256 e. The van der Waals surface area contributed by atoms with Gasteiger partial charge in [-0.15, -0.1) is 0 Å². The maximum atomic E-state index is 12.7. The van der Waals surface area contributed by atoms with E-state index < -0.39 is 21.4 Å². The third-order valence-electron chi connectivity index (χ3n) is 3.86. The van der Waals surface area contributed by atoms with Crippen molar-refractivity contribution in [1.82, 2.24) is 9.62 Å². The van der Waals surface area contributed by atoms with Crippen molar-refractivity contribution in [3.05, 3.63) is 35.9 Å². The van der Waals surface area contributed by atoms with Gasteiger partial charge in [0.25, 0.3) is 5.91 Å². The van der Waals surface area contributed by atoms with Crippen molar-refractivity contribution < 1.29 is 17.9 Å². The Bertz CT molecular complexity index is 631. The van der Waals surface area contributed by atoms with Crippen LogP contribution in [0.4, 0.5) is 0 Å². The third kappa shape index (κ3) is 4.31. The molecule has 128 valence electrons. The summed E-state index contributed by atoms with van der Waals surface area (Å²) in [4.78, 5) is 14.2. The Labute approximate surface area is 137 Å². The van der Waals surface area contributed by atoms with Crippen molar-refractivity contribution >= 4 is 15.9 Å². The van der Waals surface area contributed by atoms with Crippen LogP contribution in [0.15, 0.2) is 30.3 Å². The molecule has 0 bridgehead atoms. The van der Waals surface area contributed by atoms with Gasteiger partial charge in [-0.3, -0.25) is 4.79 Å². The summed E-state index contributed by atoms with van der Waals surface area (Å²) >= 11 is 0. The number of hydrogen-bond acceptors (Lipinski definition) is 4. The largest absolute Gasteiger partial charge is 0.367 e. The van der Waals surface area contributed by atoms with Crippen molar-refractivity contribution in [3.63, 3.8) is 0 Å². The Hall–Kier alpha value is -1.44. The Balaban J connectivity index is 2.07. The molecule has 1 aliphatic rings. The number of sulfonamides is 1. The molecule has 2 atom stereocenters. The van der Waals surface area contributed by atoms with Gasteiger partial charge >= 0.3 is 0 Å². The Kier molecular flexibility index (Phi) is 5.78.